The quantitative estimate of drug-likeness (QED) is 0.794. The van der Waals surface area contributed by atoms with Crippen LogP contribution < -0.4 is 5.32 Å². The van der Waals surface area contributed by atoms with Gasteiger partial charge in [-0.05, 0) is 69.5 Å². The minimum atomic E-state index is -0.600. The fourth-order valence-corrected chi connectivity index (χ4v) is 3.64. The Morgan fingerprint density at radius 3 is 2.50 bits per heavy atom. The van der Waals surface area contributed by atoms with Gasteiger partial charge in [0.25, 0.3) is 0 Å². The van der Waals surface area contributed by atoms with Crippen LogP contribution in [0.5, 0.6) is 0 Å². The van der Waals surface area contributed by atoms with Gasteiger partial charge in [-0.2, -0.15) is 0 Å². The summed E-state index contributed by atoms with van der Waals surface area (Å²) in [5.74, 6) is 0.103. The first-order valence-corrected chi connectivity index (χ1v) is 10.0. The van der Waals surface area contributed by atoms with Crippen LogP contribution in [0.25, 0.3) is 0 Å². The third-order valence-electron chi connectivity index (χ3n) is 5.72. The first-order chi connectivity index (χ1) is 13.5. The third-order valence-corrected chi connectivity index (χ3v) is 5.72. The molecule has 2 aromatic carbocycles. The molecule has 2 aromatic rings. The highest BCUT2D eigenvalue weighted by Gasteiger charge is 2.29. The van der Waals surface area contributed by atoms with Crippen molar-refractivity contribution in [2.75, 3.05) is 25.0 Å². The van der Waals surface area contributed by atoms with Crippen LogP contribution >= 0.6 is 0 Å². The molecule has 1 aliphatic heterocycles. The summed E-state index contributed by atoms with van der Waals surface area (Å²) in [6.45, 7) is 6.78. The average molecular weight is 378 g/mol. The van der Waals surface area contributed by atoms with Gasteiger partial charge < -0.3 is 10.2 Å². The molecule has 147 valence electrons. The topological polar surface area (TPSA) is 49.4 Å². The smallest absolute Gasteiger partial charge is 0.234 e. The van der Waals surface area contributed by atoms with Gasteiger partial charge >= 0.3 is 0 Å². The number of anilines is 1. The van der Waals surface area contributed by atoms with E-state index in [4.69, 9.17) is 0 Å². The van der Waals surface area contributed by atoms with E-state index in [1.54, 1.807) is 0 Å². The monoisotopic (exact) mass is 377 g/mol. The van der Waals surface area contributed by atoms with Crippen LogP contribution in [0.15, 0.2) is 54.6 Å². The van der Waals surface area contributed by atoms with Crippen LogP contribution in [-0.2, 0) is 21.4 Å². The highest BCUT2D eigenvalue weighted by molar-refractivity contribution is 5.98. The first-order valence-electron chi connectivity index (χ1n) is 10.0. The lowest BCUT2D eigenvalue weighted by Gasteiger charge is -2.29. The Kier molecular flexibility index (Phi) is 6.63. The minimum Gasteiger partial charge on any atom is -0.325 e. The number of rotatable bonds is 7. The van der Waals surface area contributed by atoms with Crippen LogP contribution in [-0.4, -0.2) is 36.7 Å². The zero-order valence-electron chi connectivity index (χ0n) is 16.8. The molecule has 1 aliphatic rings. The molecule has 0 atom stereocenters. The van der Waals surface area contributed by atoms with Gasteiger partial charge in [0, 0.05) is 18.2 Å². The summed E-state index contributed by atoms with van der Waals surface area (Å²) >= 11 is 0. The van der Waals surface area contributed by atoms with Gasteiger partial charge in [0.05, 0.1) is 5.41 Å². The van der Waals surface area contributed by atoms with Crippen LogP contribution in [0.3, 0.4) is 0 Å². The van der Waals surface area contributed by atoms with E-state index >= 15 is 0 Å². The summed E-state index contributed by atoms with van der Waals surface area (Å²) in [5, 5.41) is 3.08. The molecule has 0 bridgehead atoms. The number of amides is 1. The molecule has 1 saturated heterocycles. The highest BCUT2D eigenvalue weighted by Crippen LogP contribution is 2.25. The number of likely N-dealkylation sites (tertiary alicyclic amines) is 1. The number of nitrogens with one attached hydrogen (secondary N) is 1. The molecular weight excluding hydrogens is 348 g/mol. The fraction of sp³-hybridized carbons (Fsp3) is 0.417. The van der Waals surface area contributed by atoms with Crippen molar-refractivity contribution in [3.05, 3.63) is 65.7 Å². The summed E-state index contributed by atoms with van der Waals surface area (Å²) in [6.07, 6.45) is 4.88. The first kappa shape index (κ1) is 20.3. The number of hydrogen-bond acceptors (Lipinski definition) is 3. The van der Waals surface area contributed by atoms with Crippen molar-refractivity contribution in [3.8, 4) is 0 Å². The molecule has 1 amide bonds. The van der Waals surface area contributed by atoms with Crippen molar-refractivity contribution < 1.29 is 9.59 Å². The van der Waals surface area contributed by atoms with Crippen molar-refractivity contribution in [3.63, 3.8) is 0 Å². The summed E-state index contributed by atoms with van der Waals surface area (Å²) in [7, 11) is 0. The molecule has 1 fully saturated rings. The highest BCUT2D eigenvalue weighted by atomic mass is 16.2. The van der Waals surface area contributed by atoms with Gasteiger partial charge in [-0.1, -0.05) is 42.5 Å². The van der Waals surface area contributed by atoms with Crippen LogP contribution in [0.4, 0.5) is 5.69 Å². The van der Waals surface area contributed by atoms with Gasteiger partial charge in [0.15, 0.2) is 0 Å². The van der Waals surface area contributed by atoms with Crippen LogP contribution in [0.2, 0.25) is 0 Å². The molecule has 0 unspecified atom stereocenters. The average Bonchev–Trinajstić information content (AvgIpc) is 2.73. The second-order valence-electron chi connectivity index (χ2n) is 8.13. The van der Waals surface area contributed by atoms with Crippen molar-refractivity contribution in [1.82, 2.24) is 4.90 Å². The summed E-state index contributed by atoms with van der Waals surface area (Å²) in [6, 6.07) is 17.9. The Labute approximate surface area is 167 Å². The summed E-state index contributed by atoms with van der Waals surface area (Å²) in [5.41, 5.74) is 2.44. The molecule has 4 nitrogen and oxygen atoms in total. The summed E-state index contributed by atoms with van der Waals surface area (Å²) in [4.78, 5) is 26.0. The molecule has 0 saturated carbocycles. The van der Waals surface area contributed by atoms with E-state index in [0.717, 1.165) is 50.1 Å². The number of nitrogens with zero attached hydrogens (tertiary/aromatic N) is 1. The van der Waals surface area contributed by atoms with Crippen molar-refractivity contribution in [2.45, 2.75) is 38.5 Å². The minimum absolute atomic E-state index is 0.0111. The van der Waals surface area contributed by atoms with Gasteiger partial charge in [0.1, 0.15) is 0 Å². The molecule has 0 spiro atoms. The Balaban J connectivity index is 1.57. The SMILES string of the molecule is CC(C)(C(=O)Nc1cccc(CCN2CCC([C]=O)CC2)c1)c1ccccc1. The van der Waals surface area contributed by atoms with E-state index < -0.39 is 5.41 Å². The van der Waals surface area contributed by atoms with Crippen molar-refractivity contribution >= 4 is 17.9 Å². The Hall–Kier alpha value is -2.46. The van der Waals surface area contributed by atoms with Crippen LogP contribution in [0.1, 0.15) is 37.8 Å². The predicted molar refractivity (Wildman–Crippen MR) is 113 cm³/mol. The molecular formula is C24H29N2O2. The standard InChI is InChI=1S/C24H29N2O2/c1-24(2,21-8-4-3-5-9-21)23(28)25-22-10-6-7-19(17-22)11-14-26-15-12-20(18-27)13-16-26/h3-10,17,20H,11-16H2,1-2H3,(H,25,28). The lowest BCUT2D eigenvalue weighted by atomic mass is 9.83. The molecule has 4 heteroatoms. The van der Waals surface area contributed by atoms with Gasteiger partial charge in [0.2, 0.25) is 12.2 Å². The molecule has 0 aliphatic carbocycles. The Bertz CT molecular complexity index is 793. The van der Waals surface area contributed by atoms with Gasteiger partial charge in [-0.25, -0.2) is 0 Å². The van der Waals surface area contributed by atoms with Crippen molar-refractivity contribution in [1.29, 1.82) is 0 Å². The Morgan fingerprint density at radius 1 is 1.11 bits per heavy atom. The maximum absolute atomic E-state index is 12.9. The maximum atomic E-state index is 12.9. The van der Waals surface area contributed by atoms with E-state index in [9.17, 15) is 9.59 Å². The number of piperidine rings is 1. The fourth-order valence-electron chi connectivity index (χ4n) is 3.64. The largest absolute Gasteiger partial charge is 0.325 e. The third kappa shape index (κ3) is 5.08. The molecule has 3 rings (SSSR count). The Morgan fingerprint density at radius 2 is 1.82 bits per heavy atom. The molecule has 28 heavy (non-hydrogen) atoms. The van der Waals surface area contributed by atoms with Gasteiger partial charge in [-0.3, -0.25) is 9.59 Å². The molecule has 1 N–H and O–H groups in total. The zero-order chi connectivity index (χ0) is 20.0. The predicted octanol–water partition coefficient (Wildman–Crippen LogP) is 3.97. The van der Waals surface area contributed by atoms with E-state index in [-0.39, 0.29) is 11.8 Å². The normalized spacial score (nSPS) is 15.9. The van der Waals surface area contributed by atoms with Crippen molar-refractivity contribution in [2.24, 2.45) is 5.92 Å². The maximum Gasteiger partial charge on any atom is 0.234 e. The number of carbonyl (C=O) groups is 1. The van der Waals surface area contributed by atoms with E-state index in [2.05, 4.69) is 28.6 Å². The van der Waals surface area contributed by atoms with E-state index in [1.165, 1.54) is 5.56 Å². The number of hydrogen-bond donors (Lipinski definition) is 1. The summed E-state index contributed by atoms with van der Waals surface area (Å²) < 4.78 is 0. The molecule has 1 heterocycles. The van der Waals surface area contributed by atoms with E-state index in [1.807, 2.05) is 56.3 Å². The second-order valence-corrected chi connectivity index (χ2v) is 8.13. The number of benzene rings is 2. The second kappa shape index (κ2) is 9.16. The van der Waals surface area contributed by atoms with E-state index in [0.29, 0.717) is 0 Å². The lowest BCUT2D eigenvalue weighted by Crippen LogP contribution is -2.35. The van der Waals surface area contributed by atoms with Gasteiger partial charge in [-0.15, -0.1) is 0 Å². The lowest BCUT2D eigenvalue weighted by molar-refractivity contribution is -0.120. The van der Waals surface area contributed by atoms with Crippen LogP contribution in [0, 0.1) is 5.92 Å². The number of carbonyl (C=O) groups excluding carboxylic acids is 2. The molecule has 0 aromatic heterocycles. The zero-order valence-corrected chi connectivity index (χ0v) is 16.8. The molecule has 1 radical (unpaired) electrons.